The van der Waals surface area contributed by atoms with E-state index >= 15 is 0 Å². The summed E-state index contributed by atoms with van der Waals surface area (Å²) in [5.41, 5.74) is 0. The molecule has 1 rings (SSSR count). The molecule has 1 saturated heterocycles. The number of hydrogen-bond acceptors (Lipinski definition) is 4. The molecule has 1 aliphatic heterocycles. The highest BCUT2D eigenvalue weighted by atomic mass is 28.4. The van der Waals surface area contributed by atoms with Crippen LogP contribution in [-0.2, 0) is 18.8 Å². The van der Waals surface area contributed by atoms with Crippen LogP contribution in [0.4, 0.5) is 0 Å². The molecule has 1 aliphatic rings. The lowest BCUT2D eigenvalue weighted by atomic mass is 10.0. The monoisotopic (exact) mass is 370 g/mol. The zero-order valence-electron chi connectivity index (χ0n) is 17.0. The highest BCUT2D eigenvalue weighted by molar-refractivity contribution is 6.74. The average Bonchev–Trinajstić information content (AvgIpc) is 2.60. The van der Waals surface area contributed by atoms with Crippen LogP contribution in [0.3, 0.4) is 0 Å². The minimum absolute atomic E-state index is 0.0713. The smallest absolute Gasteiger partial charge is 0.306 e. The van der Waals surface area contributed by atoms with Crippen molar-refractivity contribution in [2.75, 3.05) is 6.61 Å². The number of rotatable bonds is 8. The molecule has 0 aliphatic carbocycles. The number of ketones is 1. The normalized spacial score (nSPS) is 20.4. The van der Waals surface area contributed by atoms with E-state index in [2.05, 4.69) is 33.9 Å². The first-order valence-electron chi connectivity index (χ1n) is 9.97. The van der Waals surface area contributed by atoms with Gasteiger partial charge in [-0.25, -0.2) is 0 Å². The SMILES string of the molecule is CC(C)(C)[Si](C)(C)OCCCC(=O)CCC1CCCCCCC(=O)O1. The Morgan fingerprint density at radius 1 is 1.16 bits per heavy atom. The van der Waals surface area contributed by atoms with E-state index in [9.17, 15) is 9.59 Å². The van der Waals surface area contributed by atoms with E-state index in [0.717, 1.165) is 38.5 Å². The molecule has 0 spiro atoms. The lowest BCUT2D eigenvalue weighted by Crippen LogP contribution is -2.41. The Hall–Kier alpha value is -0.683. The predicted octanol–water partition coefficient (Wildman–Crippen LogP) is 5.40. The van der Waals surface area contributed by atoms with E-state index in [-0.39, 0.29) is 22.9 Å². The lowest BCUT2D eigenvalue weighted by molar-refractivity contribution is -0.150. The van der Waals surface area contributed by atoms with Crippen molar-refractivity contribution < 1.29 is 18.8 Å². The molecule has 1 unspecified atom stereocenters. The van der Waals surface area contributed by atoms with Gasteiger partial charge in [0.1, 0.15) is 11.9 Å². The summed E-state index contributed by atoms with van der Waals surface area (Å²) in [5.74, 6) is 0.164. The highest BCUT2D eigenvalue weighted by Gasteiger charge is 2.36. The van der Waals surface area contributed by atoms with Gasteiger partial charge in [0.25, 0.3) is 0 Å². The van der Waals surface area contributed by atoms with Crippen LogP contribution in [0.15, 0.2) is 0 Å². The highest BCUT2D eigenvalue weighted by Crippen LogP contribution is 2.36. The standard InChI is InChI=1S/C20H38O4Si/c1-20(2,3)25(4,5)23-16-10-11-17(21)14-15-18-12-8-6-7-9-13-19(22)24-18/h18H,6-16H2,1-5H3. The van der Waals surface area contributed by atoms with Gasteiger partial charge in [-0.05, 0) is 50.2 Å². The summed E-state index contributed by atoms with van der Waals surface area (Å²) in [7, 11) is -1.71. The largest absolute Gasteiger partial charge is 0.462 e. The minimum Gasteiger partial charge on any atom is -0.462 e. The molecule has 25 heavy (non-hydrogen) atoms. The van der Waals surface area contributed by atoms with E-state index in [1.807, 2.05) is 0 Å². The van der Waals surface area contributed by atoms with Crippen molar-refractivity contribution in [2.45, 2.75) is 109 Å². The summed E-state index contributed by atoms with van der Waals surface area (Å²) in [6, 6.07) is 0. The maximum absolute atomic E-state index is 12.1. The van der Waals surface area contributed by atoms with Crippen molar-refractivity contribution in [3.63, 3.8) is 0 Å². The van der Waals surface area contributed by atoms with Crippen molar-refractivity contribution in [3.8, 4) is 0 Å². The van der Waals surface area contributed by atoms with Gasteiger partial charge in [0.2, 0.25) is 0 Å². The fourth-order valence-corrected chi connectivity index (χ4v) is 3.85. The van der Waals surface area contributed by atoms with Gasteiger partial charge >= 0.3 is 5.97 Å². The van der Waals surface area contributed by atoms with Gasteiger partial charge in [-0.2, -0.15) is 0 Å². The quantitative estimate of drug-likeness (QED) is 0.326. The molecule has 4 nitrogen and oxygen atoms in total. The molecule has 146 valence electrons. The van der Waals surface area contributed by atoms with Crippen molar-refractivity contribution in [2.24, 2.45) is 0 Å². The van der Waals surface area contributed by atoms with Gasteiger partial charge in [0.05, 0.1) is 0 Å². The number of carbonyl (C=O) groups excluding carboxylic acids is 2. The molecule has 0 N–H and O–H groups in total. The van der Waals surface area contributed by atoms with Crippen molar-refractivity contribution >= 4 is 20.1 Å². The second-order valence-electron chi connectivity index (χ2n) is 8.85. The molecule has 0 saturated carbocycles. The Morgan fingerprint density at radius 2 is 1.84 bits per heavy atom. The summed E-state index contributed by atoms with van der Waals surface area (Å²) in [4.78, 5) is 23.8. The van der Waals surface area contributed by atoms with Crippen LogP contribution in [0.25, 0.3) is 0 Å². The summed E-state index contributed by atoms with van der Waals surface area (Å²) < 4.78 is 11.6. The van der Waals surface area contributed by atoms with Crippen LogP contribution in [0, 0.1) is 0 Å². The summed E-state index contributed by atoms with van der Waals surface area (Å²) in [6.07, 6.45) is 8.17. The number of ether oxygens (including phenoxy) is 1. The fourth-order valence-electron chi connectivity index (χ4n) is 2.76. The first kappa shape index (κ1) is 22.4. The fraction of sp³-hybridized carbons (Fsp3) is 0.900. The molecular weight excluding hydrogens is 332 g/mol. The molecule has 0 bridgehead atoms. The maximum atomic E-state index is 12.1. The van der Waals surface area contributed by atoms with Gasteiger partial charge in [-0.3, -0.25) is 9.59 Å². The molecule has 0 aromatic heterocycles. The van der Waals surface area contributed by atoms with Crippen LogP contribution >= 0.6 is 0 Å². The number of hydrogen-bond donors (Lipinski definition) is 0. The molecule has 0 radical (unpaired) electrons. The van der Waals surface area contributed by atoms with Crippen molar-refractivity contribution in [1.29, 1.82) is 0 Å². The first-order valence-corrected chi connectivity index (χ1v) is 12.9. The third-order valence-electron chi connectivity index (χ3n) is 5.57. The molecule has 0 aromatic rings. The van der Waals surface area contributed by atoms with E-state index in [0.29, 0.717) is 32.3 Å². The molecule has 0 amide bonds. The molecular formula is C20H38O4Si. The van der Waals surface area contributed by atoms with Gasteiger partial charge in [0, 0.05) is 25.9 Å². The Kier molecular flexibility index (Phi) is 9.36. The van der Waals surface area contributed by atoms with E-state index < -0.39 is 8.32 Å². The Labute approximate surface area is 155 Å². The zero-order chi connectivity index (χ0) is 18.9. The molecule has 1 atom stereocenters. The predicted molar refractivity (Wildman–Crippen MR) is 104 cm³/mol. The maximum Gasteiger partial charge on any atom is 0.306 e. The van der Waals surface area contributed by atoms with Crippen LogP contribution in [-0.4, -0.2) is 32.8 Å². The van der Waals surface area contributed by atoms with Crippen molar-refractivity contribution in [3.05, 3.63) is 0 Å². The van der Waals surface area contributed by atoms with E-state index in [1.165, 1.54) is 0 Å². The van der Waals surface area contributed by atoms with Gasteiger partial charge < -0.3 is 9.16 Å². The third-order valence-corrected chi connectivity index (χ3v) is 10.1. The van der Waals surface area contributed by atoms with Crippen molar-refractivity contribution in [1.82, 2.24) is 0 Å². The van der Waals surface area contributed by atoms with E-state index in [1.54, 1.807) is 0 Å². The molecule has 1 heterocycles. The van der Waals surface area contributed by atoms with Crippen LogP contribution in [0.1, 0.15) is 85.0 Å². The second kappa shape index (κ2) is 10.5. The summed E-state index contributed by atoms with van der Waals surface area (Å²) in [6.45, 7) is 11.8. The number of cyclic esters (lactones) is 1. The summed E-state index contributed by atoms with van der Waals surface area (Å²) >= 11 is 0. The van der Waals surface area contributed by atoms with Crippen LogP contribution in [0.5, 0.6) is 0 Å². The number of Topliss-reactive ketones (excluding diaryl/α,β-unsaturated/α-hetero) is 1. The Morgan fingerprint density at radius 3 is 2.52 bits per heavy atom. The van der Waals surface area contributed by atoms with Crippen LogP contribution < -0.4 is 0 Å². The topological polar surface area (TPSA) is 52.6 Å². The number of esters is 1. The molecule has 0 aromatic carbocycles. The average molecular weight is 371 g/mol. The molecule has 1 fully saturated rings. The second-order valence-corrected chi connectivity index (χ2v) is 13.7. The number of carbonyl (C=O) groups is 2. The Bertz CT molecular complexity index is 426. The molecule has 5 heteroatoms. The van der Waals surface area contributed by atoms with Gasteiger partial charge in [0.15, 0.2) is 8.32 Å². The van der Waals surface area contributed by atoms with Gasteiger partial charge in [-0.1, -0.05) is 33.6 Å². The minimum atomic E-state index is -1.71. The zero-order valence-corrected chi connectivity index (χ0v) is 18.0. The first-order chi connectivity index (χ1) is 11.6. The third kappa shape index (κ3) is 9.00. The summed E-state index contributed by atoms with van der Waals surface area (Å²) in [5, 5.41) is 0.206. The van der Waals surface area contributed by atoms with E-state index in [4.69, 9.17) is 9.16 Å². The van der Waals surface area contributed by atoms with Gasteiger partial charge in [-0.15, -0.1) is 0 Å². The lowest BCUT2D eigenvalue weighted by Gasteiger charge is -2.36. The Balaban J connectivity index is 2.24. The van der Waals surface area contributed by atoms with Crippen LogP contribution in [0.2, 0.25) is 18.1 Å².